The van der Waals surface area contributed by atoms with Crippen LogP contribution in [0.3, 0.4) is 0 Å². The Balaban J connectivity index is 1.15. The molecule has 0 atom stereocenters. The van der Waals surface area contributed by atoms with Crippen molar-refractivity contribution in [1.29, 1.82) is 0 Å². The smallest absolute Gasteiger partial charge is 0.143 e. The third kappa shape index (κ3) is 4.65. The molecule has 0 fully saturated rings. The van der Waals surface area contributed by atoms with Crippen molar-refractivity contribution in [2.24, 2.45) is 0 Å². The number of benzene rings is 8. The largest absolute Gasteiger partial charge is 0.456 e. The van der Waals surface area contributed by atoms with Crippen LogP contribution < -0.4 is 0 Å². The van der Waals surface area contributed by atoms with E-state index in [4.69, 9.17) is 8.83 Å². The van der Waals surface area contributed by atoms with Crippen molar-refractivity contribution < 1.29 is 8.83 Å². The highest BCUT2D eigenvalue weighted by Gasteiger charge is 2.19. The van der Waals surface area contributed by atoms with Gasteiger partial charge in [0.15, 0.2) is 0 Å². The van der Waals surface area contributed by atoms with Gasteiger partial charge in [0.25, 0.3) is 0 Å². The maximum Gasteiger partial charge on any atom is 0.143 e. The molecule has 8 aromatic carbocycles. The van der Waals surface area contributed by atoms with Crippen molar-refractivity contribution in [1.82, 2.24) is 0 Å². The quantitative estimate of drug-likeness (QED) is 0.187. The summed E-state index contributed by atoms with van der Waals surface area (Å²) in [5.74, 6) is 0. The van der Waals surface area contributed by atoms with E-state index in [0.29, 0.717) is 0 Å². The van der Waals surface area contributed by atoms with Crippen LogP contribution in [0, 0.1) is 0 Å². The van der Waals surface area contributed by atoms with Gasteiger partial charge >= 0.3 is 0 Å². The molecule has 0 saturated heterocycles. The zero-order valence-corrected chi connectivity index (χ0v) is 27.1. The molecule has 0 aliphatic rings. The van der Waals surface area contributed by atoms with Gasteiger partial charge in [-0.3, -0.25) is 0 Å². The van der Waals surface area contributed by atoms with E-state index in [1.807, 2.05) is 24.3 Å². The number of furan rings is 2. The lowest BCUT2D eigenvalue weighted by atomic mass is 9.90. The summed E-state index contributed by atoms with van der Waals surface area (Å²) in [7, 11) is 0. The van der Waals surface area contributed by atoms with Crippen molar-refractivity contribution in [2.45, 2.75) is 0 Å². The molecule has 0 aliphatic heterocycles. The van der Waals surface area contributed by atoms with Gasteiger partial charge < -0.3 is 8.83 Å². The maximum absolute atomic E-state index is 6.56. The molecule has 10 aromatic rings. The average Bonchev–Trinajstić information content (AvgIpc) is 3.77. The molecule has 10 rings (SSSR count). The molecule has 234 valence electrons. The molecule has 0 radical (unpaired) electrons. The zero-order chi connectivity index (χ0) is 33.0. The minimum absolute atomic E-state index is 0.857. The molecule has 0 spiro atoms. The lowest BCUT2D eigenvalue weighted by Gasteiger charge is -2.14. The van der Waals surface area contributed by atoms with Gasteiger partial charge in [0.2, 0.25) is 0 Å². The summed E-state index contributed by atoms with van der Waals surface area (Å²) in [6.45, 7) is 0. The molecular weight excluding hydrogens is 609 g/mol. The van der Waals surface area contributed by atoms with Gasteiger partial charge in [-0.05, 0) is 86.5 Å². The van der Waals surface area contributed by atoms with Crippen LogP contribution in [0.5, 0.6) is 0 Å². The second-order valence-electron chi connectivity index (χ2n) is 12.8. The molecule has 2 heteroatoms. The predicted octanol–water partition coefficient (Wildman–Crippen LogP) is 13.8. The summed E-state index contributed by atoms with van der Waals surface area (Å²) in [6, 6.07) is 64.4. The third-order valence-electron chi connectivity index (χ3n) is 9.89. The monoisotopic (exact) mass is 638 g/mol. The highest BCUT2D eigenvalue weighted by molar-refractivity contribution is 6.18. The van der Waals surface area contributed by atoms with E-state index in [2.05, 4.69) is 158 Å². The SMILES string of the molecule is c1ccc(-c2cccc(-c3ccccc3-c3cccc(-c4cc(-c5cccc6c5oc5ccccc56)c5c(c4)oc4ccccc45)c3)c2)cc1. The van der Waals surface area contributed by atoms with Gasteiger partial charge in [-0.2, -0.15) is 0 Å². The van der Waals surface area contributed by atoms with E-state index >= 15 is 0 Å². The molecule has 0 unspecified atom stereocenters. The van der Waals surface area contributed by atoms with Gasteiger partial charge in [-0.1, -0.05) is 146 Å². The first-order valence-corrected chi connectivity index (χ1v) is 17.0. The van der Waals surface area contributed by atoms with Crippen LogP contribution in [-0.4, -0.2) is 0 Å². The fraction of sp³-hybridized carbons (Fsp3) is 0. The Kier molecular flexibility index (Phi) is 6.53. The van der Waals surface area contributed by atoms with Crippen LogP contribution in [0.25, 0.3) is 99.5 Å². The molecule has 2 heterocycles. The second-order valence-corrected chi connectivity index (χ2v) is 12.8. The normalized spacial score (nSPS) is 11.6. The lowest BCUT2D eigenvalue weighted by molar-refractivity contribution is 0.669. The number of para-hydroxylation sites is 3. The lowest BCUT2D eigenvalue weighted by Crippen LogP contribution is -1.88. The number of fused-ring (bicyclic) bond motifs is 6. The first kappa shape index (κ1) is 28.4. The number of hydrogen-bond acceptors (Lipinski definition) is 2. The molecule has 0 aliphatic carbocycles. The summed E-state index contributed by atoms with van der Waals surface area (Å²) < 4.78 is 13.1. The Morgan fingerprint density at radius 2 is 0.780 bits per heavy atom. The standard InChI is InChI=1S/C48H30O2/c1-2-13-31(14-3-1)32-15-10-17-34(27-32)37-19-4-5-20-38(37)35-18-11-16-33(28-35)36-29-43(47-42-22-7-9-26-45(42)49-46(47)30-36)41-24-12-23-40-39-21-6-8-25-44(39)50-48(40)41/h1-30H. The van der Waals surface area contributed by atoms with E-state index in [1.54, 1.807) is 0 Å². The van der Waals surface area contributed by atoms with Crippen molar-refractivity contribution in [3.8, 4) is 55.6 Å². The minimum Gasteiger partial charge on any atom is -0.456 e. The fourth-order valence-electron chi connectivity index (χ4n) is 7.54. The molecule has 0 amide bonds. The van der Waals surface area contributed by atoms with Crippen LogP contribution >= 0.6 is 0 Å². The summed E-state index contributed by atoms with van der Waals surface area (Å²) >= 11 is 0. The van der Waals surface area contributed by atoms with Crippen molar-refractivity contribution in [3.05, 3.63) is 182 Å². The van der Waals surface area contributed by atoms with Crippen LogP contribution in [0.1, 0.15) is 0 Å². The van der Waals surface area contributed by atoms with Crippen LogP contribution in [0.15, 0.2) is 191 Å². The van der Waals surface area contributed by atoms with E-state index in [-0.39, 0.29) is 0 Å². The van der Waals surface area contributed by atoms with Gasteiger partial charge in [0, 0.05) is 27.1 Å². The molecule has 0 bridgehead atoms. The Labute approximate surface area is 289 Å². The summed E-state index contributed by atoms with van der Waals surface area (Å²) in [6.07, 6.45) is 0. The van der Waals surface area contributed by atoms with Crippen molar-refractivity contribution in [3.63, 3.8) is 0 Å². The molecular formula is C48H30O2. The van der Waals surface area contributed by atoms with Gasteiger partial charge in [-0.15, -0.1) is 0 Å². The maximum atomic E-state index is 6.56. The van der Waals surface area contributed by atoms with Crippen LogP contribution in [0.2, 0.25) is 0 Å². The summed E-state index contributed by atoms with van der Waals surface area (Å²) in [5, 5.41) is 4.42. The van der Waals surface area contributed by atoms with Gasteiger partial charge in [0.05, 0.1) is 0 Å². The molecule has 2 nitrogen and oxygen atoms in total. The number of rotatable bonds is 5. The third-order valence-corrected chi connectivity index (χ3v) is 9.89. The minimum atomic E-state index is 0.857. The van der Waals surface area contributed by atoms with Crippen LogP contribution in [-0.2, 0) is 0 Å². The Hall–Kier alpha value is -6.64. The first-order chi connectivity index (χ1) is 24.8. The Morgan fingerprint density at radius 1 is 0.260 bits per heavy atom. The zero-order valence-electron chi connectivity index (χ0n) is 27.1. The predicted molar refractivity (Wildman–Crippen MR) is 208 cm³/mol. The fourth-order valence-corrected chi connectivity index (χ4v) is 7.54. The second kappa shape index (κ2) is 11.5. The molecule has 0 N–H and O–H groups in total. The molecule has 2 aromatic heterocycles. The van der Waals surface area contributed by atoms with E-state index in [0.717, 1.165) is 71.7 Å². The van der Waals surface area contributed by atoms with Gasteiger partial charge in [-0.25, -0.2) is 0 Å². The van der Waals surface area contributed by atoms with Crippen molar-refractivity contribution >= 4 is 43.9 Å². The topological polar surface area (TPSA) is 26.3 Å². The average molecular weight is 639 g/mol. The van der Waals surface area contributed by atoms with Gasteiger partial charge in [0.1, 0.15) is 22.3 Å². The van der Waals surface area contributed by atoms with E-state index in [9.17, 15) is 0 Å². The highest BCUT2D eigenvalue weighted by Crippen LogP contribution is 2.44. The first-order valence-electron chi connectivity index (χ1n) is 17.0. The van der Waals surface area contributed by atoms with E-state index < -0.39 is 0 Å². The van der Waals surface area contributed by atoms with E-state index in [1.165, 1.54) is 27.8 Å². The molecule has 50 heavy (non-hydrogen) atoms. The Bertz CT molecular complexity index is 2870. The summed E-state index contributed by atoms with van der Waals surface area (Å²) in [4.78, 5) is 0. The molecule has 0 saturated carbocycles. The van der Waals surface area contributed by atoms with Crippen LogP contribution in [0.4, 0.5) is 0 Å². The highest BCUT2D eigenvalue weighted by atomic mass is 16.3. The number of hydrogen-bond donors (Lipinski definition) is 0. The summed E-state index contributed by atoms with van der Waals surface area (Å²) in [5.41, 5.74) is 15.0. The Morgan fingerprint density at radius 3 is 1.52 bits per heavy atom. The van der Waals surface area contributed by atoms with Crippen molar-refractivity contribution in [2.75, 3.05) is 0 Å².